The van der Waals surface area contributed by atoms with Crippen LogP contribution in [0.2, 0.25) is 5.02 Å². The smallest absolute Gasteiger partial charge is 0.221 e. The Morgan fingerprint density at radius 1 is 1.38 bits per heavy atom. The highest BCUT2D eigenvalue weighted by molar-refractivity contribution is 6.32. The molecule has 21 heavy (non-hydrogen) atoms. The normalized spacial score (nSPS) is 12.2. The highest BCUT2D eigenvalue weighted by Gasteiger charge is 2.17. The quantitative estimate of drug-likeness (QED) is 0.836. The van der Waals surface area contributed by atoms with Gasteiger partial charge in [0, 0.05) is 5.56 Å². The van der Waals surface area contributed by atoms with Gasteiger partial charge in [0.2, 0.25) is 5.95 Å². The topological polar surface area (TPSA) is 76.4 Å². The van der Waals surface area contributed by atoms with Gasteiger partial charge in [-0.25, -0.2) is 9.66 Å². The Labute approximate surface area is 129 Å². The molecule has 0 saturated carbocycles. The molecule has 0 fully saturated rings. The first kappa shape index (κ1) is 15.4. The van der Waals surface area contributed by atoms with E-state index in [-0.39, 0.29) is 11.2 Å². The zero-order valence-corrected chi connectivity index (χ0v) is 13.3. The Hall–Kier alpha value is -2.01. The Kier molecular flexibility index (Phi) is 3.96. The number of nitrogens with two attached hydrogens (primary N) is 1. The van der Waals surface area contributed by atoms with Crippen LogP contribution >= 0.6 is 11.6 Å². The van der Waals surface area contributed by atoms with Crippen molar-refractivity contribution in [1.82, 2.24) is 9.66 Å². The first-order valence-electron chi connectivity index (χ1n) is 6.57. The standard InChI is InChI=1S/C15H19ClN4O/c1-9-8-20(14(17)19-9)18-7-10-5-11(15(2,3)4)6-12(16)13(10)21/h5-8,21H,1-4H3,(H2,17,19). The molecule has 0 amide bonds. The van der Waals surface area contributed by atoms with Crippen molar-refractivity contribution in [2.75, 3.05) is 5.73 Å². The molecule has 1 aromatic carbocycles. The third kappa shape index (κ3) is 3.36. The molecule has 2 aromatic rings. The Morgan fingerprint density at radius 3 is 2.57 bits per heavy atom. The molecular formula is C15H19ClN4O. The largest absolute Gasteiger partial charge is 0.506 e. The summed E-state index contributed by atoms with van der Waals surface area (Å²) < 4.78 is 1.45. The first-order chi connectivity index (χ1) is 9.68. The zero-order chi connectivity index (χ0) is 15.8. The van der Waals surface area contributed by atoms with Gasteiger partial charge in [-0.15, -0.1) is 0 Å². The summed E-state index contributed by atoms with van der Waals surface area (Å²) >= 11 is 6.09. The highest BCUT2D eigenvalue weighted by atomic mass is 35.5. The van der Waals surface area contributed by atoms with Crippen molar-refractivity contribution >= 4 is 23.8 Å². The molecule has 2 rings (SSSR count). The van der Waals surface area contributed by atoms with Gasteiger partial charge in [0.25, 0.3) is 0 Å². The summed E-state index contributed by atoms with van der Waals surface area (Å²) in [6.45, 7) is 8.06. The third-order valence-corrected chi connectivity index (χ3v) is 3.40. The lowest BCUT2D eigenvalue weighted by atomic mass is 9.86. The van der Waals surface area contributed by atoms with Gasteiger partial charge in [-0.1, -0.05) is 32.4 Å². The number of aromatic hydroxyl groups is 1. The lowest BCUT2D eigenvalue weighted by molar-refractivity contribution is 0.473. The first-order valence-corrected chi connectivity index (χ1v) is 6.95. The van der Waals surface area contributed by atoms with Crippen molar-refractivity contribution in [3.63, 3.8) is 0 Å². The molecule has 1 aromatic heterocycles. The van der Waals surface area contributed by atoms with Crippen LogP contribution in [0.4, 0.5) is 5.95 Å². The van der Waals surface area contributed by atoms with E-state index in [9.17, 15) is 5.11 Å². The van der Waals surface area contributed by atoms with E-state index in [0.717, 1.165) is 11.3 Å². The Morgan fingerprint density at radius 2 is 2.05 bits per heavy atom. The number of aromatic nitrogens is 2. The lowest BCUT2D eigenvalue weighted by Gasteiger charge is -2.20. The van der Waals surface area contributed by atoms with Crippen LogP contribution in [0.5, 0.6) is 5.75 Å². The number of nitrogen functional groups attached to an aromatic ring is 1. The van der Waals surface area contributed by atoms with Crippen molar-refractivity contribution in [1.29, 1.82) is 0 Å². The van der Waals surface area contributed by atoms with Gasteiger partial charge in [0.15, 0.2) is 0 Å². The van der Waals surface area contributed by atoms with Crippen LogP contribution in [0.25, 0.3) is 0 Å². The average molecular weight is 307 g/mol. The monoisotopic (exact) mass is 306 g/mol. The number of nitrogens with zero attached hydrogens (tertiary/aromatic N) is 3. The second-order valence-corrected chi connectivity index (χ2v) is 6.38. The van der Waals surface area contributed by atoms with E-state index in [1.807, 2.05) is 13.0 Å². The zero-order valence-electron chi connectivity index (χ0n) is 12.6. The maximum absolute atomic E-state index is 10.1. The van der Waals surface area contributed by atoms with E-state index < -0.39 is 0 Å². The third-order valence-electron chi connectivity index (χ3n) is 3.11. The summed E-state index contributed by atoms with van der Waals surface area (Å²) in [6, 6.07) is 3.63. The van der Waals surface area contributed by atoms with Gasteiger partial charge >= 0.3 is 0 Å². The number of phenols is 1. The van der Waals surface area contributed by atoms with E-state index in [0.29, 0.717) is 16.5 Å². The summed E-state index contributed by atoms with van der Waals surface area (Å²) in [5.41, 5.74) is 7.97. The summed E-state index contributed by atoms with van der Waals surface area (Å²) in [6.07, 6.45) is 3.23. The number of hydrogen-bond donors (Lipinski definition) is 2. The fraction of sp³-hybridized carbons (Fsp3) is 0.333. The Bertz CT molecular complexity index is 698. The lowest BCUT2D eigenvalue weighted by Crippen LogP contribution is -2.11. The number of hydrogen-bond acceptors (Lipinski definition) is 4. The minimum absolute atomic E-state index is 0.00354. The molecule has 0 aliphatic carbocycles. The maximum Gasteiger partial charge on any atom is 0.221 e. The highest BCUT2D eigenvalue weighted by Crippen LogP contribution is 2.33. The van der Waals surface area contributed by atoms with E-state index in [1.165, 1.54) is 10.9 Å². The molecule has 5 nitrogen and oxygen atoms in total. The fourth-order valence-electron chi connectivity index (χ4n) is 1.87. The van der Waals surface area contributed by atoms with Gasteiger partial charge in [0.1, 0.15) is 5.75 Å². The molecule has 1 heterocycles. The van der Waals surface area contributed by atoms with E-state index >= 15 is 0 Å². The summed E-state index contributed by atoms with van der Waals surface area (Å²) in [5, 5.41) is 14.6. The van der Waals surface area contributed by atoms with Crippen molar-refractivity contribution in [2.24, 2.45) is 5.10 Å². The summed E-state index contributed by atoms with van der Waals surface area (Å²) in [7, 11) is 0. The molecular weight excluding hydrogens is 288 g/mol. The van der Waals surface area contributed by atoms with Gasteiger partial charge in [0.05, 0.1) is 23.1 Å². The Balaban J connectivity index is 2.44. The number of anilines is 1. The summed E-state index contributed by atoms with van der Waals surface area (Å²) in [5.74, 6) is 0.296. The van der Waals surface area contributed by atoms with Crippen LogP contribution < -0.4 is 5.73 Å². The van der Waals surface area contributed by atoms with Crippen molar-refractivity contribution in [2.45, 2.75) is 33.1 Å². The van der Waals surface area contributed by atoms with Crippen LogP contribution in [-0.2, 0) is 5.41 Å². The van der Waals surface area contributed by atoms with E-state index in [1.54, 1.807) is 12.3 Å². The molecule has 0 aliphatic heterocycles. The number of phenolic OH excluding ortho intramolecular Hbond substituents is 1. The van der Waals surface area contributed by atoms with Crippen molar-refractivity contribution in [3.8, 4) is 5.75 Å². The second kappa shape index (κ2) is 5.41. The fourth-order valence-corrected chi connectivity index (χ4v) is 2.10. The van der Waals surface area contributed by atoms with Crippen LogP contribution in [0.15, 0.2) is 23.4 Å². The van der Waals surface area contributed by atoms with Crippen LogP contribution in [-0.4, -0.2) is 21.0 Å². The molecule has 0 radical (unpaired) electrons. The minimum atomic E-state index is -0.0788. The average Bonchev–Trinajstić information content (AvgIpc) is 2.68. The minimum Gasteiger partial charge on any atom is -0.506 e. The molecule has 0 unspecified atom stereocenters. The molecule has 0 bridgehead atoms. The van der Waals surface area contributed by atoms with Gasteiger partial charge in [-0.05, 0) is 30.0 Å². The predicted octanol–water partition coefficient (Wildman–Crippen LogP) is 3.31. The summed E-state index contributed by atoms with van der Waals surface area (Å²) in [4.78, 5) is 4.06. The van der Waals surface area contributed by atoms with Crippen molar-refractivity contribution < 1.29 is 5.11 Å². The van der Waals surface area contributed by atoms with Crippen LogP contribution in [0.1, 0.15) is 37.6 Å². The van der Waals surface area contributed by atoms with Crippen LogP contribution in [0, 0.1) is 6.92 Å². The molecule has 3 N–H and O–H groups in total. The molecule has 6 heteroatoms. The molecule has 0 spiro atoms. The van der Waals surface area contributed by atoms with Gasteiger partial charge in [-0.2, -0.15) is 5.10 Å². The molecule has 112 valence electrons. The number of aryl methyl sites for hydroxylation is 1. The number of benzene rings is 1. The van der Waals surface area contributed by atoms with E-state index in [2.05, 4.69) is 30.9 Å². The SMILES string of the molecule is Cc1cn(N=Cc2cc(C(C)(C)C)cc(Cl)c2O)c(N)n1. The molecule has 0 aliphatic rings. The van der Waals surface area contributed by atoms with E-state index in [4.69, 9.17) is 17.3 Å². The molecule has 0 saturated heterocycles. The number of rotatable bonds is 2. The predicted molar refractivity (Wildman–Crippen MR) is 86.2 cm³/mol. The van der Waals surface area contributed by atoms with Gasteiger partial charge < -0.3 is 10.8 Å². The number of halogens is 1. The van der Waals surface area contributed by atoms with Gasteiger partial charge in [-0.3, -0.25) is 0 Å². The molecule has 0 atom stereocenters. The van der Waals surface area contributed by atoms with Crippen LogP contribution in [0.3, 0.4) is 0 Å². The number of imidazole rings is 1. The van der Waals surface area contributed by atoms with Crippen molar-refractivity contribution in [3.05, 3.63) is 40.2 Å². The second-order valence-electron chi connectivity index (χ2n) is 5.98. The maximum atomic E-state index is 10.1.